The van der Waals surface area contributed by atoms with Crippen LogP contribution in [0.15, 0.2) is 36.4 Å². The number of hydrogen-bond acceptors (Lipinski definition) is 3. The van der Waals surface area contributed by atoms with Crippen molar-refractivity contribution in [1.29, 1.82) is 0 Å². The van der Waals surface area contributed by atoms with E-state index in [1.165, 1.54) is 30.3 Å². The fourth-order valence-electron chi connectivity index (χ4n) is 2.74. The van der Waals surface area contributed by atoms with Gasteiger partial charge < -0.3 is 10.1 Å². The molecule has 27 heavy (non-hydrogen) atoms. The molecule has 2 aromatic carbocycles. The van der Waals surface area contributed by atoms with Gasteiger partial charge in [-0.15, -0.1) is 0 Å². The number of esters is 1. The highest BCUT2D eigenvalue weighted by molar-refractivity contribution is 6.35. The molecule has 1 aliphatic rings. The van der Waals surface area contributed by atoms with Gasteiger partial charge in [0.15, 0.2) is 0 Å². The van der Waals surface area contributed by atoms with Gasteiger partial charge in [-0.2, -0.15) is 13.2 Å². The van der Waals surface area contributed by atoms with Crippen molar-refractivity contribution in [2.24, 2.45) is 0 Å². The molecule has 10 heteroatoms. The largest absolute Gasteiger partial charge is 0.442 e. The molecular weight excluding hydrogens is 430 g/mol. The molecule has 0 saturated heterocycles. The van der Waals surface area contributed by atoms with Crippen molar-refractivity contribution in [2.75, 3.05) is 5.32 Å². The van der Waals surface area contributed by atoms with E-state index in [1.807, 2.05) is 5.32 Å². The van der Waals surface area contributed by atoms with Gasteiger partial charge in [-0.3, -0.25) is 9.59 Å². The first kappa shape index (κ1) is 19.8. The van der Waals surface area contributed by atoms with Crippen LogP contribution in [0.4, 0.5) is 18.9 Å². The Morgan fingerprint density at radius 2 is 1.81 bits per heavy atom. The molecule has 1 atom stereocenters. The lowest BCUT2D eigenvalue weighted by Gasteiger charge is -2.29. The van der Waals surface area contributed by atoms with Crippen molar-refractivity contribution in [1.82, 2.24) is 0 Å². The monoisotopic (exact) mass is 437 g/mol. The first-order valence-corrected chi connectivity index (χ1v) is 8.52. The van der Waals surface area contributed by atoms with Crippen molar-refractivity contribution >= 4 is 52.4 Å². The summed E-state index contributed by atoms with van der Waals surface area (Å²) < 4.78 is 46.4. The fourth-order valence-corrected chi connectivity index (χ4v) is 3.43. The number of ether oxygens (including phenoxy) is 1. The number of hydrogen-bond donors (Lipinski definition) is 1. The Bertz CT molecular complexity index is 949. The maximum Gasteiger partial charge on any atom is 0.442 e. The maximum absolute atomic E-state index is 13.9. The highest BCUT2D eigenvalue weighted by Gasteiger charge is 2.69. The lowest BCUT2D eigenvalue weighted by Crippen LogP contribution is -2.51. The second kappa shape index (κ2) is 6.89. The minimum atomic E-state index is -5.22. The number of para-hydroxylation sites is 1. The lowest BCUT2D eigenvalue weighted by atomic mass is 9.94. The van der Waals surface area contributed by atoms with Gasteiger partial charge in [-0.05, 0) is 23.8 Å². The van der Waals surface area contributed by atoms with Crippen LogP contribution < -0.4 is 5.32 Å². The molecule has 1 aliphatic heterocycles. The molecule has 4 nitrogen and oxygen atoms in total. The normalized spacial score (nSPS) is 18.8. The summed E-state index contributed by atoms with van der Waals surface area (Å²) in [5.41, 5.74) is -4.13. The quantitative estimate of drug-likeness (QED) is 0.675. The number of carbonyl (C=O) groups is 2. The number of alkyl halides is 3. The number of rotatable bonds is 3. The molecule has 0 saturated carbocycles. The Morgan fingerprint density at radius 1 is 1.11 bits per heavy atom. The summed E-state index contributed by atoms with van der Waals surface area (Å²) in [6.07, 6.45) is -5.80. The van der Waals surface area contributed by atoms with E-state index in [-0.39, 0.29) is 21.3 Å². The van der Waals surface area contributed by atoms with Crippen molar-refractivity contribution < 1.29 is 27.5 Å². The first-order chi connectivity index (χ1) is 12.6. The topological polar surface area (TPSA) is 55.4 Å². The van der Waals surface area contributed by atoms with Crippen LogP contribution in [0.2, 0.25) is 15.1 Å². The van der Waals surface area contributed by atoms with Crippen LogP contribution in [0.1, 0.15) is 11.1 Å². The third kappa shape index (κ3) is 3.35. The van der Waals surface area contributed by atoms with Crippen LogP contribution in [0.5, 0.6) is 0 Å². The number of fused-ring (bicyclic) bond motifs is 1. The van der Waals surface area contributed by atoms with E-state index >= 15 is 0 Å². The third-order valence-electron chi connectivity index (χ3n) is 3.97. The average Bonchev–Trinajstić information content (AvgIpc) is 2.85. The molecule has 3 rings (SSSR count). The van der Waals surface area contributed by atoms with Gasteiger partial charge >= 0.3 is 17.7 Å². The molecule has 2 aromatic rings. The summed E-state index contributed by atoms with van der Waals surface area (Å²) >= 11 is 17.5. The molecule has 0 fully saturated rings. The molecule has 0 radical (unpaired) electrons. The molecule has 0 bridgehead atoms. The second-order valence-corrected chi connectivity index (χ2v) is 6.93. The number of nitrogens with one attached hydrogen (secondary N) is 1. The maximum atomic E-state index is 13.9. The van der Waals surface area contributed by atoms with Crippen LogP contribution in [0.3, 0.4) is 0 Å². The van der Waals surface area contributed by atoms with Gasteiger partial charge in [0.05, 0.1) is 17.1 Å². The molecule has 1 heterocycles. The van der Waals surface area contributed by atoms with Gasteiger partial charge in [0, 0.05) is 15.6 Å². The smallest absolute Gasteiger partial charge is 0.434 e. The number of carbonyl (C=O) groups excluding carboxylic acids is 2. The standard InChI is InChI=1S/C17H9Cl3F3NO3/c18-9-5-4-8(12(20)7-9)6-13(25)27-16(17(21,22)23)10-2-1-3-11(19)14(10)24-15(16)26/h1-5,7H,6H2,(H,24,26). The highest BCUT2D eigenvalue weighted by atomic mass is 35.5. The lowest BCUT2D eigenvalue weighted by molar-refractivity contribution is -0.262. The molecule has 142 valence electrons. The van der Waals surface area contributed by atoms with Gasteiger partial charge in [-0.1, -0.05) is 53.0 Å². The summed E-state index contributed by atoms with van der Waals surface area (Å²) in [7, 11) is 0. The predicted molar refractivity (Wildman–Crippen MR) is 94.1 cm³/mol. The zero-order valence-electron chi connectivity index (χ0n) is 13.2. The summed E-state index contributed by atoms with van der Waals surface area (Å²) in [4.78, 5) is 24.5. The van der Waals surface area contributed by atoms with Crippen molar-refractivity contribution in [3.05, 3.63) is 62.6 Å². The van der Waals surface area contributed by atoms with Crippen LogP contribution in [-0.2, 0) is 26.3 Å². The number of benzene rings is 2. The van der Waals surface area contributed by atoms with E-state index in [2.05, 4.69) is 0 Å². The van der Waals surface area contributed by atoms with E-state index < -0.39 is 35.6 Å². The van der Waals surface area contributed by atoms with E-state index in [9.17, 15) is 22.8 Å². The van der Waals surface area contributed by atoms with Crippen LogP contribution in [-0.4, -0.2) is 18.1 Å². The second-order valence-electron chi connectivity index (χ2n) is 5.68. The number of halogens is 6. The van der Waals surface area contributed by atoms with Gasteiger partial charge in [-0.25, -0.2) is 0 Å². The molecule has 1 unspecified atom stereocenters. The minimum Gasteiger partial charge on any atom is -0.434 e. The third-order valence-corrected chi connectivity index (χ3v) is 4.87. The summed E-state index contributed by atoms with van der Waals surface area (Å²) in [6.45, 7) is 0. The Hall–Kier alpha value is -1.96. The number of anilines is 1. The summed E-state index contributed by atoms with van der Waals surface area (Å²) in [6, 6.07) is 7.70. The Morgan fingerprint density at radius 3 is 2.44 bits per heavy atom. The Balaban J connectivity index is 1.99. The molecule has 0 aliphatic carbocycles. The van der Waals surface area contributed by atoms with Crippen molar-refractivity contribution in [2.45, 2.75) is 18.2 Å². The van der Waals surface area contributed by atoms with Crippen LogP contribution in [0, 0.1) is 0 Å². The summed E-state index contributed by atoms with van der Waals surface area (Å²) in [5, 5.41) is 2.31. The van der Waals surface area contributed by atoms with Crippen LogP contribution >= 0.6 is 34.8 Å². The fraction of sp³-hybridized carbons (Fsp3) is 0.176. The Kier molecular flexibility index (Phi) is 5.05. The van der Waals surface area contributed by atoms with E-state index in [1.54, 1.807) is 0 Å². The highest BCUT2D eigenvalue weighted by Crippen LogP contribution is 2.51. The summed E-state index contributed by atoms with van der Waals surface area (Å²) in [5.74, 6) is -2.84. The van der Waals surface area contributed by atoms with E-state index in [4.69, 9.17) is 39.5 Å². The first-order valence-electron chi connectivity index (χ1n) is 7.39. The molecule has 0 aromatic heterocycles. The van der Waals surface area contributed by atoms with E-state index in [0.717, 1.165) is 6.07 Å². The molecule has 1 amide bonds. The van der Waals surface area contributed by atoms with Gasteiger partial charge in [0.2, 0.25) is 0 Å². The van der Waals surface area contributed by atoms with Crippen molar-refractivity contribution in [3.8, 4) is 0 Å². The SMILES string of the molecule is O=C(Cc1ccc(Cl)cc1Cl)OC1(C(F)(F)F)C(=O)Nc2c(Cl)cccc21. The zero-order chi connectivity index (χ0) is 20.0. The number of amides is 1. The minimum absolute atomic E-state index is 0.0832. The zero-order valence-corrected chi connectivity index (χ0v) is 15.4. The molecular formula is C17H9Cl3F3NO3. The molecule has 1 N–H and O–H groups in total. The van der Waals surface area contributed by atoms with Crippen molar-refractivity contribution in [3.63, 3.8) is 0 Å². The Labute approximate surface area is 166 Å². The van der Waals surface area contributed by atoms with Gasteiger partial charge in [0.25, 0.3) is 5.91 Å². The van der Waals surface area contributed by atoms with E-state index in [0.29, 0.717) is 5.02 Å². The predicted octanol–water partition coefficient (Wildman–Crippen LogP) is 5.14. The van der Waals surface area contributed by atoms with Crippen LogP contribution in [0.25, 0.3) is 0 Å². The average molecular weight is 439 g/mol. The van der Waals surface area contributed by atoms with Gasteiger partial charge in [0.1, 0.15) is 0 Å². The molecule has 0 spiro atoms.